The molecule has 1 aromatic rings. The predicted molar refractivity (Wildman–Crippen MR) is 78.3 cm³/mol. The SMILES string of the molecule is O=S(=O)(NCC1CCCO1)c1cc(Cl)c(Br)cc1Cl. The molecule has 1 unspecified atom stereocenters. The number of nitrogens with one attached hydrogen (secondary N) is 1. The summed E-state index contributed by atoms with van der Waals surface area (Å²) in [4.78, 5) is -0.0274. The second kappa shape index (κ2) is 6.28. The maximum absolute atomic E-state index is 12.1. The zero-order valence-corrected chi connectivity index (χ0v) is 13.7. The van der Waals surface area contributed by atoms with E-state index in [4.69, 9.17) is 27.9 Å². The first kappa shape index (κ1) is 15.5. The molecule has 1 aromatic carbocycles. The molecule has 1 aliphatic rings. The molecule has 0 spiro atoms. The number of rotatable bonds is 4. The van der Waals surface area contributed by atoms with Crippen LogP contribution in [0.15, 0.2) is 21.5 Å². The molecule has 8 heteroatoms. The van der Waals surface area contributed by atoms with Gasteiger partial charge < -0.3 is 4.74 Å². The van der Waals surface area contributed by atoms with Gasteiger partial charge in [-0.2, -0.15) is 0 Å². The molecule has 1 N–H and O–H groups in total. The van der Waals surface area contributed by atoms with Crippen LogP contribution in [0.3, 0.4) is 0 Å². The number of hydrogen-bond acceptors (Lipinski definition) is 3. The van der Waals surface area contributed by atoms with Crippen molar-refractivity contribution in [1.29, 1.82) is 0 Å². The lowest BCUT2D eigenvalue weighted by atomic mass is 10.2. The summed E-state index contributed by atoms with van der Waals surface area (Å²) >= 11 is 15.0. The average molecular weight is 389 g/mol. The summed E-state index contributed by atoms with van der Waals surface area (Å²) in [5.74, 6) is 0. The third-order valence-corrected chi connectivity index (χ3v) is 5.87. The molecule has 1 heterocycles. The fourth-order valence-electron chi connectivity index (χ4n) is 1.80. The second-order valence-electron chi connectivity index (χ2n) is 4.18. The Kier molecular flexibility index (Phi) is 5.14. The zero-order valence-electron chi connectivity index (χ0n) is 9.83. The van der Waals surface area contributed by atoms with Gasteiger partial charge >= 0.3 is 0 Å². The summed E-state index contributed by atoms with van der Waals surface area (Å²) < 4.78 is 32.7. The van der Waals surface area contributed by atoms with Gasteiger partial charge in [-0.15, -0.1) is 0 Å². The van der Waals surface area contributed by atoms with E-state index in [1.807, 2.05) is 0 Å². The van der Waals surface area contributed by atoms with Crippen molar-refractivity contribution in [3.63, 3.8) is 0 Å². The Morgan fingerprint density at radius 3 is 2.74 bits per heavy atom. The summed E-state index contributed by atoms with van der Waals surface area (Å²) in [5, 5.41) is 0.415. The molecule has 106 valence electrons. The molecule has 0 amide bonds. The molecular weight excluding hydrogens is 377 g/mol. The summed E-state index contributed by atoms with van der Waals surface area (Å²) in [6, 6.07) is 2.79. The van der Waals surface area contributed by atoms with Gasteiger partial charge in [-0.3, -0.25) is 0 Å². The second-order valence-corrected chi connectivity index (χ2v) is 7.59. The van der Waals surface area contributed by atoms with Crippen molar-refractivity contribution >= 4 is 49.2 Å². The Hall–Kier alpha value is 0.150. The summed E-state index contributed by atoms with van der Waals surface area (Å²) in [5.41, 5.74) is 0. The topological polar surface area (TPSA) is 55.4 Å². The summed E-state index contributed by atoms with van der Waals surface area (Å²) in [6.45, 7) is 0.920. The highest BCUT2D eigenvalue weighted by atomic mass is 79.9. The average Bonchev–Trinajstić information content (AvgIpc) is 2.84. The van der Waals surface area contributed by atoms with Crippen molar-refractivity contribution in [2.24, 2.45) is 0 Å². The minimum Gasteiger partial charge on any atom is -0.377 e. The highest BCUT2D eigenvalue weighted by Gasteiger charge is 2.23. The van der Waals surface area contributed by atoms with Crippen LogP contribution in [0, 0.1) is 0 Å². The Bertz CT molecular complexity index is 574. The van der Waals surface area contributed by atoms with Gasteiger partial charge in [0.1, 0.15) is 4.90 Å². The molecule has 0 aromatic heterocycles. The van der Waals surface area contributed by atoms with E-state index in [2.05, 4.69) is 20.7 Å². The Morgan fingerprint density at radius 2 is 2.11 bits per heavy atom. The van der Waals surface area contributed by atoms with E-state index in [0.717, 1.165) is 12.8 Å². The highest BCUT2D eigenvalue weighted by molar-refractivity contribution is 9.10. The fraction of sp³-hybridized carbons (Fsp3) is 0.455. The third kappa shape index (κ3) is 3.83. The molecule has 1 saturated heterocycles. The van der Waals surface area contributed by atoms with Gasteiger partial charge in [0.15, 0.2) is 0 Å². The number of sulfonamides is 1. The van der Waals surface area contributed by atoms with Crippen LogP contribution in [0.4, 0.5) is 0 Å². The first-order valence-electron chi connectivity index (χ1n) is 5.66. The first-order chi connectivity index (χ1) is 8.90. The van der Waals surface area contributed by atoms with Crippen molar-refractivity contribution in [2.45, 2.75) is 23.8 Å². The summed E-state index contributed by atoms with van der Waals surface area (Å²) in [7, 11) is -3.68. The van der Waals surface area contributed by atoms with Crippen molar-refractivity contribution in [3.05, 3.63) is 26.7 Å². The van der Waals surface area contributed by atoms with E-state index in [-0.39, 0.29) is 22.6 Å². The molecule has 4 nitrogen and oxygen atoms in total. The smallest absolute Gasteiger partial charge is 0.242 e. The molecule has 1 fully saturated rings. The Balaban J connectivity index is 2.16. The van der Waals surface area contributed by atoms with Gasteiger partial charge in [0, 0.05) is 17.6 Å². The van der Waals surface area contributed by atoms with Crippen LogP contribution in [0.2, 0.25) is 10.0 Å². The van der Waals surface area contributed by atoms with E-state index >= 15 is 0 Å². The first-order valence-corrected chi connectivity index (χ1v) is 8.69. The quantitative estimate of drug-likeness (QED) is 0.805. The van der Waals surface area contributed by atoms with Crippen LogP contribution >= 0.6 is 39.1 Å². The normalized spacial score (nSPS) is 19.8. The van der Waals surface area contributed by atoms with Gasteiger partial charge in [-0.05, 0) is 40.9 Å². The van der Waals surface area contributed by atoms with Crippen LogP contribution in [0.25, 0.3) is 0 Å². The predicted octanol–water partition coefficient (Wildman–Crippen LogP) is 3.21. The van der Waals surface area contributed by atoms with Crippen LogP contribution in [-0.2, 0) is 14.8 Å². The summed E-state index contributed by atoms with van der Waals surface area (Å²) in [6.07, 6.45) is 1.74. The van der Waals surface area contributed by atoms with E-state index < -0.39 is 10.0 Å². The van der Waals surface area contributed by atoms with Crippen molar-refractivity contribution in [3.8, 4) is 0 Å². The minimum absolute atomic E-state index is 0.0274. The number of benzene rings is 1. The molecule has 2 rings (SSSR count). The highest BCUT2D eigenvalue weighted by Crippen LogP contribution is 2.31. The van der Waals surface area contributed by atoms with Crippen molar-refractivity contribution < 1.29 is 13.2 Å². The Labute approximate surface area is 130 Å². The van der Waals surface area contributed by atoms with E-state index in [1.165, 1.54) is 12.1 Å². The number of hydrogen-bond donors (Lipinski definition) is 1. The zero-order chi connectivity index (χ0) is 14.0. The van der Waals surface area contributed by atoms with Gasteiger partial charge in [-0.25, -0.2) is 13.1 Å². The molecule has 0 bridgehead atoms. The fourth-order valence-corrected chi connectivity index (χ4v) is 4.12. The van der Waals surface area contributed by atoms with Gasteiger partial charge in [-0.1, -0.05) is 23.2 Å². The molecular formula is C11H12BrCl2NO3S. The monoisotopic (exact) mass is 387 g/mol. The molecule has 0 aliphatic carbocycles. The number of halogens is 3. The molecule has 19 heavy (non-hydrogen) atoms. The van der Waals surface area contributed by atoms with E-state index in [9.17, 15) is 8.42 Å². The maximum atomic E-state index is 12.1. The maximum Gasteiger partial charge on any atom is 0.242 e. The van der Waals surface area contributed by atoms with E-state index in [0.29, 0.717) is 16.1 Å². The molecule has 1 aliphatic heterocycles. The standard InChI is InChI=1S/C11H12BrCl2NO3S/c12-8-4-10(14)11(5-9(8)13)19(16,17)15-6-7-2-1-3-18-7/h4-5,7,15H,1-3,6H2. The lowest BCUT2D eigenvalue weighted by molar-refractivity contribution is 0.114. The van der Waals surface area contributed by atoms with Gasteiger partial charge in [0.2, 0.25) is 10.0 Å². The lowest BCUT2D eigenvalue weighted by Gasteiger charge is -2.12. The molecule has 0 radical (unpaired) electrons. The van der Waals surface area contributed by atoms with Crippen LogP contribution in [0.1, 0.15) is 12.8 Å². The van der Waals surface area contributed by atoms with E-state index in [1.54, 1.807) is 0 Å². The molecule has 1 atom stereocenters. The minimum atomic E-state index is -3.68. The van der Waals surface area contributed by atoms with Gasteiger partial charge in [0.25, 0.3) is 0 Å². The van der Waals surface area contributed by atoms with Gasteiger partial charge in [0.05, 0.1) is 16.1 Å². The number of ether oxygens (including phenoxy) is 1. The van der Waals surface area contributed by atoms with Crippen molar-refractivity contribution in [1.82, 2.24) is 4.72 Å². The van der Waals surface area contributed by atoms with Crippen LogP contribution in [-0.4, -0.2) is 27.7 Å². The Morgan fingerprint density at radius 1 is 1.37 bits per heavy atom. The molecule has 0 saturated carbocycles. The largest absolute Gasteiger partial charge is 0.377 e. The lowest BCUT2D eigenvalue weighted by Crippen LogP contribution is -2.32. The van der Waals surface area contributed by atoms with Crippen molar-refractivity contribution in [2.75, 3.05) is 13.2 Å². The van der Waals surface area contributed by atoms with Crippen LogP contribution in [0.5, 0.6) is 0 Å². The third-order valence-electron chi connectivity index (χ3n) is 2.79. The van der Waals surface area contributed by atoms with Crippen LogP contribution < -0.4 is 4.72 Å².